The van der Waals surface area contributed by atoms with Gasteiger partial charge in [-0.15, -0.1) is 0 Å². The Morgan fingerprint density at radius 3 is 2.55 bits per heavy atom. The fraction of sp³-hybridized carbons (Fsp3) is 0.412. The number of likely N-dealkylation sites (N-methyl/N-ethyl adjacent to an activating group) is 2. The predicted molar refractivity (Wildman–Crippen MR) is 87.2 cm³/mol. The van der Waals surface area contributed by atoms with Gasteiger partial charge < -0.3 is 4.90 Å². The summed E-state index contributed by atoms with van der Waals surface area (Å²) in [6.45, 7) is 3.16. The lowest BCUT2D eigenvalue weighted by molar-refractivity contribution is -0.132. The molecule has 1 heterocycles. The topological polar surface area (TPSA) is 41.4 Å². The highest BCUT2D eigenvalue weighted by atomic mass is 16.2. The van der Waals surface area contributed by atoms with E-state index in [2.05, 4.69) is 5.10 Å². The van der Waals surface area contributed by atoms with Gasteiger partial charge in [-0.25, -0.2) is 0 Å². The number of carbonyl (C=O) groups is 1. The molecule has 0 aliphatic rings. The second-order valence-electron chi connectivity index (χ2n) is 5.79. The highest BCUT2D eigenvalue weighted by Gasteiger charge is 2.18. The summed E-state index contributed by atoms with van der Waals surface area (Å²) in [7, 11) is 5.70. The van der Waals surface area contributed by atoms with Crippen molar-refractivity contribution >= 4 is 5.91 Å². The molecule has 22 heavy (non-hydrogen) atoms. The quantitative estimate of drug-likeness (QED) is 0.820. The molecule has 0 saturated heterocycles. The van der Waals surface area contributed by atoms with Gasteiger partial charge in [0.25, 0.3) is 0 Å². The zero-order chi connectivity index (χ0) is 16.1. The summed E-state index contributed by atoms with van der Waals surface area (Å²) >= 11 is 0. The van der Waals surface area contributed by atoms with Crippen LogP contribution in [0.4, 0.5) is 0 Å². The van der Waals surface area contributed by atoms with Crippen molar-refractivity contribution in [2.24, 2.45) is 7.05 Å². The number of benzene rings is 1. The van der Waals surface area contributed by atoms with Crippen molar-refractivity contribution < 1.29 is 4.79 Å². The van der Waals surface area contributed by atoms with Crippen molar-refractivity contribution in [2.75, 3.05) is 20.6 Å². The molecule has 5 heteroatoms. The van der Waals surface area contributed by atoms with Gasteiger partial charge in [-0.05, 0) is 19.5 Å². The van der Waals surface area contributed by atoms with Crippen molar-refractivity contribution in [3.63, 3.8) is 0 Å². The van der Waals surface area contributed by atoms with Crippen LogP contribution in [-0.4, -0.2) is 46.1 Å². The highest BCUT2D eigenvalue weighted by Crippen LogP contribution is 2.18. The van der Waals surface area contributed by atoms with Gasteiger partial charge >= 0.3 is 0 Å². The Kier molecular flexibility index (Phi) is 5.33. The SMILES string of the molecule is CC(c1ccccc1)N(C)C(=O)CN(C)Cc1cnn(C)c1. The second-order valence-corrected chi connectivity index (χ2v) is 5.79. The standard InChI is InChI=1S/C17H24N4O/c1-14(16-8-6-5-7-9-16)21(4)17(22)13-19(2)11-15-10-18-20(3)12-15/h5-10,12,14H,11,13H2,1-4H3. The third-order valence-electron chi connectivity index (χ3n) is 3.87. The molecule has 118 valence electrons. The molecule has 0 N–H and O–H groups in total. The molecule has 2 aromatic rings. The summed E-state index contributed by atoms with van der Waals surface area (Å²) in [5.41, 5.74) is 2.25. The maximum Gasteiger partial charge on any atom is 0.236 e. The summed E-state index contributed by atoms with van der Waals surface area (Å²) in [5.74, 6) is 0.114. The van der Waals surface area contributed by atoms with E-state index in [1.807, 2.05) is 75.7 Å². The van der Waals surface area contributed by atoms with Crippen LogP contribution in [0.15, 0.2) is 42.7 Å². The monoisotopic (exact) mass is 300 g/mol. The van der Waals surface area contributed by atoms with E-state index in [0.29, 0.717) is 13.1 Å². The molecule has 0 saturated carbocycles. The van der Waals surface area contributed by atoms with Gasteiger partial charge in [0.05, 0.1) is 18.8 Å². The number of nitrogens with zero attached hydrogens (tertiary/aromatic N) is 4. The molecule has 1 aromatic carbocycles. The van der Waals surface area contributed by atoms with Gasteiger partial charge in [-0.1, -0.05) is 30.3 Å². The van der Waals surface area contributed by atoms with Crippen LogP contribution in [0.5, 0.6) is 0 Å². The van der Waals surface area contributed by atoms with Gasteiger partial charge in [0.1, 0.15) is 0 Å². The molecule has 0 aliphatic heterocycles. The highest BCUT2D eigenvalue weighted by molar-refractivity contribution is 5.78. The van der Waals surface area contributed by atoms with Crippen LogP contribution in [0.1, 0.15) is 24.1 Å². The lowest BCUT2D eigenvalue weighted by Gasteiger charge is -2.27. The van der Waals surface area contributed by atoms with E-state index in [-0.39, 0.29) is 11.9 Å². The fourth-order valence-corrected chi connectivity index (χ4v) is 2.43. The van der Waals surface area contributed by atoms with Crippen LogP contribution in [0.25, 0.3) is 0 Å². The van der Waals surface area contributed by atoms with Gasteiger partial charge in [-0.3, -0.25) is 14.4 Å². The van der Waals surface area contributed by atoms with Crippen LogP contribution in [0.3, 0.4) is 0 Å². The van der Waals surface area contributed by atoms with Crippen LogP contribution >= 0.6 is 0 Å². The average Bonchev–Trinajstić information content (AvgIpc) is 2.91. The summed E-state index contributed by atoms with van der Waals surface area (Å²) < 4.78 is 1.77. The lowest BCUT2D eigenvalue weighted by Crippen LogP contribution is -2.37. The minimum absolute atomic E-state index is 0.0699. The number of aromatic nitrogens is 2. The first-order valence-corrected chi connectivity index (χ1v) is 7.44. The molecule has 1 amide bonds. The Hall–Kier alpha value is -2.14. The third kappa shape index (κ3) is 4.18. The normalized spacial score (nSPS) is 12.4. The first-order chi connectivity index (χ1) is 10.5. The van der Waals surface area contributed by atoms with Gasteiger partial charge in [-0.2, -0.15) is 5.10 Å². The molecule has 5 nitrogen and oxygen atoms in total. The first-order valence-electron chi connectivity index (χ1n) is 7.44. The predicted octanol–water partition coefficient (Wildman–Crippen LogP) is 2.07. The van der Waals surface area contributed by atoms with Crippen molar-refractivity contribution in [2.45, 2.75) is 19.5 Å². The fourth-order valence-electron chi connectivity index (χ4n) is 2.43. The molecular weight excluding hydrogens is 276 g/mol. The summed E-state index contributed by atoms with van der Waals surface area (Å²) in [6.07, 6.45) is 3.80. The molecule has 0 spiro atoms. The summed E-state index contributed by atoms with van der Waals surface area (Å²) in [4.78, 5) is 16.2. The van der Waals surface area contributed by atoms with E-state index in [4.69, 9.17) is 0 Å². The molecule has 0 bridgehead atoms. The van der Waals surface area contributed by atoms with E-state index in [0.717, 1.165) is 11.1 Å². The largest absolute Gasteiger partial charge is 0.338 e. The van der Waals surface area contributed by atoms with Crippen LogP contribution < -0.4 is 0 Å². The maximum atomic E-state index is 12.4. The molecule has 2 rings (SSSR count). The molecule has 1 atom stereocenters. The molecule has 0 radical (unpaired) electrons. The lowest BCUT2D eigenvalue weighted by atomic mass is 10.1. The molecule has 1 aromatic heterocycles. The smallest absolute Gasteiger partial charge is 0.236 e. The number of carbonyl (C=O) groups excluding carboxylic acids is 1. The molecule has 0 fully saturated rings. The van der Waals surface area contributed by atoms with Crippen molar-refractivity contribution in [3.05, 3.63) is 53.9 Å². The number of aryl methyl sites for hydroxylation is 1. The minimum atomic E-state index is 0.0699. The molecular formula is C17H24N4O. The van der Waals surface area contributed by atoms with E-state index >= 15 is 0 Å². The first kappa shape index (κ1) is 16.2. The summed E-state index contributed by atoms with van der Waals surface area (Å²) in [5, 5.41) is 4.15. The Bertz CT molecular complexity index is 608. The number of hydrogen-bond acceptors (Lipinski definition) is 3. The minimum Gasteiger partial charge on any atom is -0.338 e. The van der Waals surface area contributed by atoms with Gasteiger partial charge in [0, 0.05) is 32.4 Å². The Morgan fingerprint density at radius 1 is 1.27 bits per heavy atom. The third-order valence-corrected chi connectivity index (χ3v) is 3.87. The molecule has 1 unspecified atom stereocenters. The van der Waals surface area contributed by atoms with E-state index in [9.17, 15) is 4.79 Å². The average molecular weight is 300 g/mol. The Balaban J connectivity index is 1.90. The number of hydrogen-bond donors (Lipinski definition) is 0. The summed E-state index contributed by atoms with van der Waals surface area (Å²) in [6, 6.07) is 10.2. The zero-order valence-corrected chi connectivity index (χ0v) is 13.7. The van der Waals surface area contributed by atoms with Crippen LogP contribution in [-0.2, 0) is 18.4 Å². The van der Waals surface area contributed by atoms with Crippen molar-refractivity contribution in [3.8, 4) is 0 Å². The van der Waals surface area contributed by atoms with E-state index in [1.165, 1.54) is 0 Å². The van der Waals surface area contributed by atoms with Crippen molar-refractivity contribution in [1.82, 2.24) is 19.6 Å². The van der Waals surface area contributed by atoms with Gasteiger partial charge in [0.15, 0.2) is 0 Å². The maximum absolute atomic E-state index is 12.4. The zero-order valence-electron chi connectivity index (χ0n) is 13.7. The molecule has 0 aliphatic carbocycles. The van der Waals surface area contributed by atoms with Crippen LogP contribution in [0.2, 0.25) is 0 Å². The Morgan fingerprint density at radius 2 is 1.95 bits per heavy atom. The van der Waals surface area contributed by atoms with Crippen LogP contribution in [0, 0.1) is 0 Å². The van der Waals surface area contributed by atoms with E-state index in [1.54, 1.807) is 9.58 Å². The van der Waals surface area contributed by atoms with E-state index < -0.39 is 0 Å². The second kappa shape index (κ2) is 7.22. The Labute approximate surface area is 132 Å². The number of rotatable bonds is 6. The van der Waals surface area contributed by atoms with Gasteiger partial charge in [0.2, 0.25) is 5.91 Å². The number of amides is 1. The van der Waals surface area contributed by atoms with Crippen molar-refractivity contribution in [1.29, 1.82) is 0 Å².